The lowest BCUT2D eigenvalue weighted by molar-refractivity contribution is -0.904. The van der Waals surface area contributed by atoms with Crippen LogP contribution in [0.25, 0.3) is 0 Å². The molecule has 0 aromatic heterocycles. The van der Waals surface area contributed by atoms with Gasteiger partial charge in [0.05, 0.1) is 32.7 Å². The number of aryl methyl sites for hydroxylation is 1. The number of benzene rings is 1. The smallest absolute Gasteiger partial charge is 0.264 e. The summed E-state index contributed by atoms with van der Waals surface area (Å²) in [5, 5.41) is 0. The van der Waals surface area contributed by atoms with Crippen LogP contribution in [-0.2, 0) is 4.79 Å². The molecule has 1 N–H and O–H groups in total. The second-order valence-electron chi connectivity index (χ2n) is 6.11. The number of quaternary nitrogens is 1. The van der Waals surface area contributed by atoms with E-state index in [1.54, 1.807) is 4.90 Å². The van der Waals surface area contributed by atoms with E-state index in [4.69, 9.17) is 4.74 Å². The van der Waals surface area contributed by atoms with Gasteiger partial charge in [-0.15, -0.1) is 0 Å². The lowest BCUT2D eigenvalue weighted by Crippen LogP contribution is -3.14. The molecule has 0 radical (unpaired) electrons. The third-order valence-electron chi connectivity index (χ3n) is 4.39. The molecule has 1 aliphatic heterocycles. The highest BCUT2D eigenvalue weighted by atomic mass is 16.5. The maximum absolute atomic E-state index is 12.7. The van der Waals surface area contributed by atoms with Crippen LogP contribution >= 0.6 is 0 Å². The Balaban J connectivity index is 1.94. The zero-order chi connectivity index (χ0) is 15.9. The third kappa shape index (κ3) is 4.23. The van der Waals surface area contributed by atoms with Crippen LogP contribution in [0.5, 0.6) is 5.75 Å². The maximum atomic E-state index is 12.7. The topological polar surface area (TPSA) is 34.0 Å². The van der Waals surface area contributed by atoms with Gasteiger partial charge in [-0.25, -0.2) is 0 Å². The molecule has 1 heterocycles. The standard InChI is InChI=1S/C18H28N2O2/c1-4-10-19-11-13-20(14-12-19)18(21)16(5-2)22-17-9-7-6-8-15(17)3/h6-9,16H,4-5,10-14H2,1-3H3/p+1/t16-/m1/s1. The fourth-order valence-electron chi connectivity index (χ4n) is 3.00. The van der Waals surface area contributed by atoms with Crippen LogP contribution in [0.4, 0.5) is 0 Å². The van der Waals surface area contributed by atoms with Gasteiger partial charge in [0, 0.05) is 0 Å². The molecule has 1 atom stereocenters. The van der Waals surface area contributed by atoms with E-state index < -0.39 is 0 Å². The fourth-order valence-corrected chi connectivity index (χ4v) is 3.00. The number of ether oxygens (including phenoxy) is 1. The van der Waals surface area contributed by atoms with E-state index in [0.717, 1.165) is 37.5 Å². The summed E-state index contributed by atoms with van der Waals surface area (Å²) in [5.74, 6) is 0.958. The number of hydrogen-bond donors (Lipinski definition) is 1. The maximum Gasteiger partial charge on any atom is 0.264 e. The summed E-state index contributed by atoms with van der Waals surface area (Å²) in [6.45, 7) is 11.3. The van der Waals surface area contributed by atoms with Gasteiger partial charge in [-0.2, -0.15) is 0 Å². The Morgan fingerprint density at radius 3 is 2.55 bits per heavy atom. The van der Waals surface area contributed by atoms with Crippen molar-refractivity contribution in [1.29, 1.82) is 0 Å². The van der Waals surface area contributed by atoms with Gasteiger partial charge in [-0.05, 0) is 31.4 Å². The number of piperazine rings is 1. The van der Waals surface area contributed by atoms with Gasteiger partial charge < -0.3 is 14.5 Å². The van der Waals surface area contributed by atoms with E-state index in [0.29, 0.717) is 6.42 Å². The number of para-hydroxylation sites is 1. The van der Waals surface area contributed by atoms with Crippen LogP contribution in [0.15, 0.2) is 24.3 Å². The second kappa shape index (κ2) is 8.18. The van der Waals surface area contributed by atoms with Gasteiger partial charge in [0.1, 0.15) is 5.75 Å². The molecule has 1 aliphatic rings. The molecule has 0 unspecified atom stereocenters. The SMILES string of the molecule is CCC[NH+]1CCN(C(=O)[C@@H](CC)Oc2ccccc2C)CC1. The van der Waals surface area contributed by atoms with Crippen molar-refractivity contribution >= 4 is 5.91 Å². The number of hydrogen-bond acceptors (Lipinski definition) is 2. The van der Waals surface area contributed by atoms with Crippen molar-refractivity contribution in [3.63, 3.8) is 0 Å². The van der Waals surface area contributed by atoms with Gasteiger partial charge >= 0.3 is 0 Å². The Bertz CT molecular complexity index is 482. The van der Waals surface area contributed by atoms with Crippen LogP contribution < -0.4 is 9.64 Å². The first-order valence-corrected chi connectivity index (χ1v) is 8.50. The van der Waals surface area contributed by atoms with Crippen LogP contribution in [0.1, 0.15) is 32.3 Å². The largest absolute Gasteiger partial charge is 0.480 e. The van der Waals surface area contributed by atoms with E-state index in [9.17, 15) is 4.79 Å². The molecule has 1 aromatic rings. The van der Waals surface area contributed by atoms with Gasteiger partial charge in [0.15, 0.2) is 6.10 Å². The summed E-state index contributed by atoms with van der Waals surface area (Å²) >= 11 is 0. The molecule has 1 fully saturated rings. The molecule has 1 saturated heterocycles. The number of carbonyl (C=O) groups is 1. The van der Waals surface area contributed by atoms with Crippen LogP contribution in [0.2, 0.25) is 0 Å². The molecule has 0 bridgehead atoms. The number of nitrogens with one attached hydrogen (secondary N) is 1. The number of rotatable bonds is 6. The summed E-state index contributed by atoms with van der Waals surface area (Å²) in [7, 11) is 0. The minimum Gasteiger partial charge on any atom is -0.480 e. The molecular formula is C18H29N2O2+. The average molecular weight is 305 g/mol. The average Bonchev–Trinajstić information content (AvgIpc) is 2.54. The van der Waals surface area contributed by atoms with Crippen molar-refractivity contribution in [2.45, 2.75) is 39.7 Å². The predicted octanol–water partition coefficient (Wildman–Crippen LogP) is 1.29. The van der Waals surface area contributed by atoms with Gasteiger partial charge in [-0.1, -0.05) is 32.0 Å². The highest BCUT2D eigenvalue weighted by Crippen LogP contribution is 2.19. The zero-order valence-corrected chi connectivity index (χ0v) is 14.1. The molecule has 122 valence electrons. The number of nitrogens with zero attached hydrogens (tertiary/aromatic N) is 1. The first-order valence-electron chi connectivity index (χ1n) is 8.50. The molecule has 0 spiro atoms. The van der Waals surface area contributed by atoms with E-state index >= 15 is 0 Å². The summed E-state index contributed by atoms with van der Waals surface area (Å²) in [5.41, 5.74) is 1.07. The minimum absolute atomic E-state index is 0.140. The quantitative estimate of drug-likeness (QED) is 0.859. The Labute approximate surface area is 134 Å². The van der Waals surface area contributed by atoms with Crippen molar-refractivity contribution in [3.05, 3.63) is 29.8 Å². The molecule has 4 nitrogen and oxygen atoms in total. The molecule has 0 aliphatic carbocycles. The molecule has 22 heavy (non-hydrogen) atoms. The van der Waals surface area contributed by atoms with E-state index in [-0.39, 0.29) is 12.0 Å². The zero-order valence-electron chi connectivity index (χ0n) is 14.1. The molecule has 2 rings (SSSR count). The Hall–Kier alpha value is -1.55. The van der Waals surface area contributed by atoms with Crippen molar-refractivity contribution < 1.29 is 14.4 Å². The Kier molecular flexibility index (Phi) is 6.25. The molecule has 4 heteroatoms. The van der Waals surface area contributed by atoms with E-state index in [1.807, 2.05) is 43.0 Å². The molecule has 1 amide bonds. The third-order valence-corrected chi connectivity index (χ3v) is 4.39. The van der Waals surface area contributed by atoms with Crippen molar-refractivity contribution in [2.75, 3.05) is 32.7 Å². The van der Waals surface area contributed by atoms with Crippen LogP contribution in [0.3, 0.4) is 0 Å². The van der Waals surface area contributed by atoms with E-state index in [1.165, 1.54) is 13.0 Å². The lowest BCUT2D eigenvalue weighted by Gasteiger charge is -2.34. The summed E-state index contributed by atoms with van der Waals surface area (Å²) in [4.78, 5) is 16.3. The second-order valence-corrected chi connectivity index (χ2v) is 6.11. The predicted molar refractivity (Wildman–Crippen MR) is 88.3 cm³/mol. The molecular weight excluding hydrogens is 276 g/mol. The van der Waals surface area contributed by atoms with Crippen LogP contribution in [0, 0.1) is 6.92 Å². The first-order chi connectivity index (χ1) is 10.7. The fraction of sp³-hybridized carbons (Fsp3) is 0.611. The normalized spacial score (nSPS) is 17.3. The van der Waals surface area contributed by atoms with E-state index in [2.05, 4.69) is 6.92 Å². The van der Waals surface area contributed by atoms with Crippen molar-refractivity contribution in [2.24, 2.45) is 0 Å². The number of amides is 1. The molecule has 1 aromatic carbocycles. The first kappa shape index (κ1) is 16.8. The summed E-state index contributed by atoms with van der Waals surface area (Å²) < 4.78 is 5.99. The summed E-state index contributed by atoms with van der Waals surface area (Å²) in [6.07, 6.45) is 1.54. The molecule has 0 saturated carbocycles. The Morgan fingerprint density at radius 1 is 1.27 bits per heavy atom. The minimum atomic E-state index is -0.367. The number of carbonyl (C=O) groups excluding carboxylic acids is 1. The Morgan fingerprint density at radius 2 is 1.95 bits per heavy atom. The van der Waals surface area contributed by atoms with Crippen LogP contribution in [-0.4, -0.2) is 49.6 Å². The monoisotopic (exact) mass is 305 g/mol. The van der Waals surface area contributed by atoms with Gasteiger partial charge in [0.2, 0.25) is 0 Å². The van der Waals surface area contributed by atoms with Crippen molar-refractivity contribution in [1.82, 2.24) is 4.90 Å². The van der Waals surface area contributed by atoms with Gasteiger partial charge in [-0.3, -0.25) is 4.79 Å². The lowest BCUT2D eigenvalue weighted by atomic mass is 10.2. The van der Waals surface area contributed by atoms with Crippen molar-refractivity contribution in [3.8, 4) is 5.75 Å². The van der Waals surface area contributed by atoms with Gasteiger partial charge in [0.25, 0.3) is 5.91 Å². The highest BCUT2D eigenvalue weighted by Gasteiger charge is 2.29. The highest BCUT2D eigenvalue weighted by molar-refractivity contribution is 5.81. The summed E-state index contributed by atoms with van der Waals surface area (Å²) in [6, 6.07) is 7.89.